The van der Waals surface area contributed by atoms with E-state index in [1.54, 1.807) is 13.0 Å². The first-order valence-corrected chi connectivity index (χ1v) is 6.74. The van der Waals surface area contributed by atoms with Crippen LogP contribution in [0, 0.1) is 12.8 Å². The Bertz CT molecular complexity index is 413. The highest BCUT2D eigenvalue weighted by molar-refractivity contribution is 5.93. The number of hydrogen-bond donors (Lipinski definition) is 2. The molecule has 1 fully saturated rings. The number of amides is 1. The summed E-state index contributed by atoms with van der Waals surface area (Å²) in [5.41, 5.74) is 0. The summed E-state index contributed by atoms with van der Waals surface area (Å²) < 4.78 is 10.2. The van der Waals surface area contributed by atoms with Gasteiger partial charge in [-0.3, -0.25) is 4.79 Å². The molecule has 1 aromatic heterocycles. The Hall–Kier alpha value is -1.40. The van der Waals surface area contributed by atoms with Crippen LogP contribution in [0.5, 0.6) is 0 Å². The molecule has 1 amide bonds. The van der Waals surface area contributed by atoms with Crippen molar-refractivity contribution in [1.82, 2.24) is 10.5 Å². The summed E-state index contributed by atoms with van der Waals surface area (Å²) in [5.74, 6) is 1.58. The third kappa shape index (κ3) is 4.04. The maximum absolute atomic E-state index is 12.1. The molecule has 0 aromatic carbocycles. The van der Waals surface area contributed by atoms with Gasteiger partial charge in [0.05, 0.1) is 12.6 Å². The fourth-order valence-electron chi connectivity index (χ4n) is 2.11. The van der Waals surface area contributed by atoms with Gasteiger partial charge in [0.25, 0.3) is 0 Å². The second-order valence-corrected chi connectivity index (χ2v) is 4.91. The van der Waals surface area contributed by atoms with Gasteiger partial charge in [-0.05, 0) is 25.7 Å². The molecule has 0 aliphatic carbocycles. The lowest BCUT2D eigenvalue weighted by Crippen LogP contribution is -2.42. The van der Waals surface area contributed by atoms with Crippen molar-refractivity contribution in [1.29, 1.82) is 0 Å². The van der Waals surface area contributed by atoms with E-state index in [0.29, 0.717) is 17.5 Å². The number of hydrogen-bond acceptors (Lipinski definition) is 5. The number of nitrogens with one attached hydrogen (secondary N) is 2. The van der Waals surface area contributed by atoms with Gasteiger partial charge in [0.2, 0.25) is 5.91 Å². The van der Waals surface area contributed by atoms with Crippen LogP contribution in [0.25, 0.3) is 0 Å². The molecule has 0 bridgehead atoms. The summed E-state index contributed by atoms with van der Waals surface area (Å²) in [6, 6.07) is 1.49. The number of ether oxygens (including phenoxy) is 1. The highest BCUT2D eigenvalue weighted by atomic mass is 16.5. The van der Waals surface area contributed by atoms with Crippen LogP contribution in [-0.2, 0) is 9.53 Å². The van der Waals surface area contributed by atoms with E-state index in [2.05, 4.69) is 15.8 Å². The molecule has 1 aliphatic rings. The topological polar surface area (TPSA) is 76.4 Å². The molecule has 0 spiro atoms. The van der Waals surface area contributed by atoms with Gasteiger partial charge in [-0.15, -0.1) is 0 Å². The summed E-state index contributed by atoms with van der Waals surface area (Å²) in [5, 5.41) is 9.79. The summed E-state index contributed by atoms with van der Waals surface area (Å²) in [6.45, 7) is 6.19. The van der Waals surface area contributed by atoms with E-state index in [1.807, 2.05) is 6.92 Å². The molecule has 0 radical (unpaired) electrons. The van der Waals surface area contributed by atoms with Crippen molar-refractivity contribution in [3.8, 4) is 0 Å². The first-order valence-electron chi connectivity index (χ1n) is 6.74. The largest absolute Gasteiger partial charge is 0.381 e. The lowest BCUT2D eigenvalue weighted by molar-refractivity contribution is -0.118. The molecule has 2 N–H and O–H groups in total. The third-order valence-corrected chi connectivity index (χ3v) is 3.28. The van der Waals surface area contributed by atoms with E-state index in [0.717, 1.165) is 32.6 Å². The Kier molecular flexibility index (Phi) is 4.93. The molecule has 0 unspecified atom stereocenters. The number of aromatic nitrogens is 1. The predicted molar refractivity (Wildman–Crippen MR) is 70.9 cm³/mol. The molecule has 2 atom stereocenters. The van der Waals surface area contributed by atoms with Gasteiger partial charge < -0.3 is 19.9 Å². The van der Waals surface area contributed by atoms with Crippen LogP contribution in [0.4, 0.5) is 5.82 Å². The van der Waals surface area contributed by atoms with Crippen LogP contribution in [0.3, 0.4) is 0 Å². The lowest BCUT2D eigenvalue weighted by Gasteiger charge is -2.17. The molecule has 1 aromatic rings. The highest BCUT2D eigenvalue weighted by Crippen LogP contribution is 2.12. The molecule has 6 nitrogen and oxygen atoms in total. The summed E-state index contributed by atoms with van der Waals surface area (Å²) in [6.07, 6.45) is 1.80. The second kappa shape index (κ2) is 6.68. The fraction of sp³-hybridized carbons (Fsp3) is 0.692. The number of carbonyl (C=O) groups is 1. The first-order chi connectivity index (χ1) is 9.19. The maximum atomic E-state index is 12.1. The molecule has 1 saturated heterocycles. The number of anilines is 1. The first kappa shape index (κ1) is 14.0. The normalized spacial score (nSPS) is 20.4. The van der Waals surface area contributed by atoms with Gasteiger partial charge in [0.1, 0.15) is 5.76 Å². The van der Waals surface area contributed by atoms with Crippen LogP contribution >= 0.6 is 0 Å². The number of aryl methyl sites for hydroxylation is 1. The van der Waals surface area contributed by atoms with Gasteiger partial charge >= 0.3 is 0 Å². The van der Waals surface area contributed by atoms with Crippen molar-refractivity contribution in [3.63, 3.8) is 0 Å². The molecular formula is C13H21N3O3. The standard InChI is InChI=1S/C13H21N3O3/c1-3-11(14-7-10-4-5-18-8-10)13(17)15-12-6-9(2)19-16-12/h6,10-11,14H,3-5,7-8H2,1-2H3,(H,15,16,17)/t10-,11-/m1/s1. The lowest BCUT2D eigenvalue weighted by atomic mass is 10.1. The van der Waals surface area contributed by atoms with Crippen LogP contribution < -0.4 is 10.6 Å². The zero-order valence-electron chi connectivity index (χ0n) is 11.4. The van der Waals surface area contributed by atoms with Crippen LogP contribution in [0.15, 0.2) is 10.6 Å². The molecule has 19 heavy (non-hydrogen) atoms. The van der Waals surface area contributed by atoms with E-state index in [9.17, 15) is 4.79 Å². The van der Waals surface area contributed by atoms with Gasteiger partial charge in [0, 0.05) is 19.2 Å². The van der Waals surface area contributed by atoms with Gasteiger partial charge in [0.15, 0.2) is 5.82 Å². The second-order valence-electron chi connectivity index (χ2n) is 4.91. The van der Waals surface area contributed by atoms with Gasteiger partial charge in [-0.25, -0.2) is 0 Å². The predicted octanol–water partition coefficient (Wildman–Crippen LogP) is 1.33. The zero-order valence-corrected chi connectivity index (χ0v) is 11.4. The Labute approximate surface area is 112 Å². The van der Waals surface area contributed by atoms with Crippen molar-refractivity contribution in [2.75, 3.05) is 25.1 Å². The van der Waals surface area contributed by atoms with Crippen molar-refractivity contribution in [2.45, 2.75) is 32.7 Å². The molecule has 6 heteroatoms. The molecule has 2 rings (SSSR count). The van der Waals surface area contributed by atoms with E-state index < -0.39 is 0 Å². The SMILES string of the molecule is CC[C@@H](NC[C@H]1CCOC1)C(=O)Nc1cc(C)on1. The van der Waals surface area contributed by atoms with Crippen molar-refractivity contribution >= 4 is 11.7 Å². The van der Waals surface area contributed by atoms with Crippen molar-refractivity contribution in [3.05, 3.63) is 11.8 Å². The van der Waals surface area contributed by atoms with E-state index >= 15 is 0 Å². The molecule has 106 valence electrons. The Balaban J connectivity index is 1.80. The van der Waals surface area contributed by atoms with Crippen LogP contribution in [0.2, 0.25) is 0 Å². The average Bonchev–Trinajstić information content (AvgIpc) is 3.02. The number of nitrogens with zero attached hydrogens (tertiary/aromatic N) is 1. The minimum absolute atomic E-state index is 0.0743. The molecule has 0 saturated carbocycles. The molecule has 2 heterocycles. The number of carbonyl (C=O) groups excluding carboxylic acids is 1. The molecular weight excluding hydrogens is 246 g/mol. The van der Waals surface area contributed by atoms with Crippen molar-refractivity contribution in [2.24, 2.45) is 5.92 Å². The maximum Gasteiger partial charge on any atom is 0.242 e. The van der Waals surface area contributed by atoms with Gasteiger partial charge in [-0.1, -0.05) is 12.1 Å². The van der Waals surface area contributed by atoms with E-state index in [4.69, 9.17) is 9.26 Å². The monoisotopic (exact) mass is 267 g/mol. The number of rotatable bonds is 6. The summed E-state index contributed by atoms with van der Waals surface area (Å²) >= 11 is 0. The third-order valence-electron chi connectivity index (χ3n) is 3.28. The quantitative estimate of drug-likeness (QED) is 0.813. The van der Waals surface area contributed by atoms with E-state index in [-0.39, 0.29) is 11.9 Å². The minimum Gasteiger partial charge on any atom is -0.381 e. The van der Waals surface area contributed by atoms with E-state index in [1.165, 1.54) is 0 Å². The van der Waals surface area contributed by atoms with Gasteiger partial charge in [-0.2, -0.15) is 0 Å². The molecule has 1 aliphatic heterocycles. The smallest absolute Gasteiger partial charge is 0.242 e. The minimum atomic E-state index is -0.211. The Morgan fingerprint density at radius 1 is 1.63 bits per heavy atom. The fourth-order valence-corrected chi connectivity index (χ4v) is 2.11. The van der Waals surface area contributed by atoms with Crippen molar-refractivity contribution < 1.29 is 14.1 Å². The summed E-state index contributed by atoms with van der Waals surface area (Å²) in [4.78, 5) is 12.1. The Morgan fingerprint density at radius 3 is 3.05 bits per heavy atom. The van der Waals surface area contributed by atoms with Crippen LogP contribution in [0.1, 0.15) is 25.5 Å². The Morgan fingerprint density at radius 2 is 2.47 bits per heavy atom. The highest BCUT2D eigenvalue weighted by Gasteiger charge is 2.21. The average molecular weight is 267 g/mol. The van der Waals surface area contributed by atoms with Crippen LogP contribution in [-0.4, -0.2) is 36.9 Å². The summed E-state index contributed by atoms with van der Waals surface area (Å²) in [7, 11) is 0. The zero-order chi connectivity index (χ0) is 13.7.